The summed E-state index contributed by atoms with van der Waals surface area (Å²) in [5.41, 5.74) is 4.65. The zero-order valence-corrected chi connectivity index (χ0v) is 18.1. The first kappa shape index (κ1) is 21.9. The Kier molecular flexibility index (Phi) is 5.46. The minimum atomic E-state index is -3.95. The number of nitrogens with two attached hydrogens (primary N) is 1. The number of carbonyl (C=O) groups is 1. The molecule has 170 valence electrons. The molecule has 0 spiro atoms. The zero-order chi connectivity index (χ0) is 23.1. The van der Waals surface area contributed by atoms with Crippen molar-refractivity contribution < 1.29 is 27.1 Å². The van der Waals surface area contributed by atoms with Gasteiger partial charge in [0.2, 0.25) is 21.9 Å². The SMILES string of the molecule is COc1cnc(C(=O)Nc2ccc(F)c(C34CCOCC3S(=O)(=O)N(C)C(N)=N4)c2)cn1. The number of guanidine groups is 1. The van der Waals surface area contributed by atoms with Gasteiger partial charge in [0.15, 0.2) is 0 Å². The van der Waals surface area contributed by atoms with Crippen molar-refractivity contribution in [2.45, 2.75) is 17.2 Å². The summed E-state index contributed by atoms with van der Waals surface area (Å²) in [7, 11) is -1.24. The summed E-state index contributed by atoms with van der Waals surface area (Å²) in [6, 6.07) is 3.86. The van der Waals surface area contributed by atoms with E-state index in [4.69, 9.17) is 15.2 Å². The number of aliphatic imine (C=N–C) groups is 1. The lowest BCUT2D eigenvalue weighted by Gasteiger charge is -2.45. The van der Waals surface area contributed by atoms with Crippen LogP contribution in [0.25, 0.3) is 0 Å². The summed E-state index contributed by atoms with van der Waals surface area (Å²) >= 11 is 0. The number of amides is 1. The number of hydrogen-bond donors (Lipinski definition) is 2. The van der Waals surface area contributed by atoms with Gasteiger partial charge >= 0.3 is 0 Å². The predicted octanol–water partition coefficient (Wildman–Crippen LogP) is 0.451. The fourth-order valence-electron chi connectivity index (χ4n) is 3.81. The van der Waals surface area contributed by atoms with Crippen LogP contribution in [0.2, 0.25) is 0 Å². The van der Waals surface area contributed by atoms with E-state index in [0.29, 0.717) is 0 Å². The highest BCUT2D eigenvalue weighted by atomic mass is 32.2. The number of carbonyl (C=O) groups excluding carboxylic acids is 1. The monoisotopic (exact) mass is 464 g/mol. The summed E-state index contributed by atoms with van der Waals surface area (Å²) < 4.78 is 52.2. The van der Waals surface area contributed by atoms with E-state index in [1.54, 1.807) is 0 Å². The van der Waals surface area contributed by atoms with Gasteiger partial charge in [0, 0.05) is 31.3 Å². The molecule has 0 aliphatic carbocycles. The van der Waals surface area contributed by atoms with Crippen LogP contribution in [0.1, 0.15) is 22.5 Å². The molecule has 2 aliphatic rings. The van der Waals surface area contributed by atoms with Gasteiger partial charge in [-0.25, -0.2) is 32.1 Å². The van der Waals surface area contributed by atoms with Gasteiger partial charge in [-0.1, -0.05) is 0 Å². The van der Waals surface area contributed by atoms with Crippen LogP contribution in [0, 0.1) is 5.82 Å². The van der Waals surface area contributed by atoms with Crippen molar-refractivity contribution >= 4 is 27.6 Å². The number of halogens is 1. The maximum atomic E-state index is 15.0. The van der Waals surface area contributed by atoms with Gasteiger partial charge in [-0.15, -0.1) is 0 Å². The number of fused-ring (bicyclic) bond motifs is 1. The van der Waals surface area contributed by atoms with E-state index in [0.717, 1.165) is 10.4 Å². The van der Waals surface area contributed by atoms with Gasteiger partial charge in [0.1, 0.15) is 22.3 Å². The van der Waals surface area contributed by atoms with Crippen molar-refractivity contribution in [1.82, 2.24) is 14.3 Å². The third-order valence-corrected chi connectivity index (χ3v) is 7.76. The molecule has 1 saturated heterocycles. The molecule has 0 radical (unpaired) electrons. The summed E-state index contributed by atoms with van der Waals surface area (Å²) in [6.07, 6.45) is 2.63. The summed E-state index contributed by atoms with van der Waals surface area (Å²) in [5, 5.41) is 1.44. The molecule has 1 aromatic carbocycles. The average molecular weight is 464 g/mol. The summed E-state index contributed by atoms with van der Waals surface area (Å²) in [5.74, 6) is -1.26. The molecule has 2 atom stereocenters. The van der Waals surface area contributed by atoms with Crippen LogP contribution < -0.4 is 15.8 Å². The van der Waals surface area contributed by atoms with E-state index in [1.165, 1.54) is 38.7 Å². The van der Waals surface area contributed by atoms with Crippen molar-refractivity contribution in [1.29, 1.82) is 0 Å². The first-order chi connectivity index (χ1) is 15.2. The molecule has 1 fully saturated rings. The number of benzene rings is 1. The number of hydrogen-bond acceptors (Lipinski definition) is 9. The van der Waals surface area contributed by atoms with Crippen LogP contribution in [0.4, 0.5) is 10.1 Å². The Morgan fingerprint density at radius 3 is 2.84 bits per heavy atom. The standard InChI is InChI=1S/C19H21FN6O5S/c1-26-18(21)25-19(5-6-31-10-15(19)32(26,28)29)12-7-11(3-4-13(12)20)24-17(27)14-8-23-16(30-2)9-22-14/h3-4,7-9,15H,5-6,10H2,1-2H3,(H2,21,25)(H,24,27). The van der Waals surface area contributed by atoms with Crippen LogP contribution in [0.3, 0.4) is 0 Å². The molecule has 2 aliphatic heterocycles. The Bertz CT molecular complexity index is 1190. The molecule has 0 bridgehead atoms. The number of ether oxygens (including phenoxy) is 2. The Balaban J connectivity index is 1.74. The van der Waals surface area contributed by atoms with Crippen molar-refractivity contribution in [3.8, 4) is 5.88 Å². The van der Waals surface area contributed by atoms with E-state index in [-0.39, 0.29) is 48.4 Å². The molecule has 2 aromatic rings. The van der Waals surface area contributed by atoms with Crippen molar-refractivity contribution in [2.24, 2.45) is 10.7 Å². The van der Waals surface area contributed by atoms with Gasteiger partial charge in [0.25, 0.3) is 5.91 Å². The van der Waals surface area contributed by atoms with Gasteiger partial charge < -0.3 is 20.5 Å². The molecule has 0 saturated carbocycles. The van der Waals surface area contributed by atoms with E-state index in [1.807, 2.05) is 0 Å². The average Bonchev–Trinajstić information content (AvgIpc) is 2.79. The maximum Gasteiger partial charge on any atom is 0.275 e. The second-order valence-corrected chi connectivity index (χ2v) is 9.46. The first-order valence-electron chi connectivity index (χ1n) is 9.57. The molecule has 3 N–H and O–H groups in total. The van der Waals surface area contributed by atoms with Crippen LogP contribution in [-0.4, -0.2) is 67.2 Å². The number of sulfonamides is 1. The Morgan fingerprint density at radius 1 is 1.38 bits per heavy atom. The minimum Gasteiger partial charge on any atom is -0.480 e. The van der Waals surface area contributed by atoms with Gasteiger partial charge in [-0.3, -0.25) is 4.79 Å². The Hall–Kier alpha value is -3.32. The summed E-state index contributed by atoms with van der Waals surface area (Å²) in [6.45, 7) is 0.00486. The zero-order valence-electron chi connectivity index (χ0n) is 17.3. The van der Waals surface area contributed by atoms with Crippen LogP contribution in [-0.2, 0) is 20.3 Å². The number of nitrogens with one attached hydrogen (secondary N) is 1. The first-order valence-corrected chi connectivity index (χ1v) is 11.1. The quantitative estimate of drug-likeness (QED) is 0.662. The van der Waals surface area contributed by atoms with E-state index in [9.17, 15) is 13.2 Å². The largest absolute Gasteiger partial charge is 0.480 e. The second kappa shape index (κ2) is 7.98. The molecular weight excluding hydrogens is 443 g/mol. The van der Waals surface area contributed by atoms with Crippen molar-refractivity contribution in [3.05, 3.63) is 47.7 Å². The Labute approximate surface area is 183 Å². The molecular formula is C19H21FN6O5S. The molecule has 1 aromatic heterocycles. The molecule has 32 heavy (non-hydrogen) atoms. The van der Waals surface area contributed by atoms with E-state index >= 15 is 4.39 Å². The van der Waals surface area contributed by atoms with Gasteiger partial charge in [-0.2, -0.15) is 0 Å². The van der Waals surface area contributed by atoms with Gasteiger partial charge in [0.05, 0.1) is 26.1 Å². The highest BCUT2D eigenvalue weighted by Crippen LogP contribution is 2.44. The summed E-state index contributed by atoms with van der Waals surface area (Å²) in [4.78, 5) is 24.9. The highest BCUT2D eigenvalue weighted by Gasteiger charge is 2.55. The fourth-order valence-corrected chi connectivity index (χ4v) is 5.55. The third kappa shape index (κ3) is 3.52. The van der Waals surface area contributed by atoms with Crippen molar-refractivity contribution in [2.75, 3.05) is 32.7 Å². The minimum absolute atomic E-state index is 0.00374. The smallest absolute Gasteiger partial charge is 0.275 e. The lowest BCUT2D eigenvalue weighted by atomic mass is 9.82. The number of rotatable bonds is 4. The third-order valence-electron chi connectivity index (χ3n) is 5.57. The van der Waals surface area contributed by atoms with Crippen LogP contribution >= 0.6 is 0 Å². The normalized spacial score (nSPS) is 24.3. The highest BCUT2D eigenvalue weighted by molar-refractivity contribution is 7.90. The van der Waals surface area contributed by atoms with Gasteiger partial charge in [-0.05, 0) is 18.2 Å². The lowest BCUT2D eigenvalue weighted by molar-refractivity contribution is 0.0521. The molecule has 2 unspecified atom stereocenters. The van der Waals surface area contributed by atoms with Crippen molar-refractivity contribution in [3.63, 3.8) is 0 Å². The number of anilines is 1. The molecule has 4 rings (SSSR count). The van der Waals surface area contributed by atoms with Crippen LogP contribution in [0.15, 0.2) is 35.6 Å². The van der Waals surface area contributed by atoms with E-state index in [2.05, 4.69) is 20.3 Å². The molecule has 13 heteroatoms. The molecule has 11 nitrogen and oxygen atoms in total. The Morgan fingerprint density at radius 2 is 2.16 bits per heavy atom. The number of nitrogens with zero attached hydrogens (tertiary/aromatic N) is 4. The molecule has 1 amide bonds. The second-order valence-electron chi connectivity index (χ2n) is 7.31. The van der Waals surface area contributed by atoms with Crippen LogP contribution in [0.5, 0.6) is 5.88 Å². The topological polar surface area (TPSA) is 149 Å². The van der Waals surface area contributed by atoms with E-state index < -0.39 is 32.5 Å². The fraction of sp³-hybridized carbons (Fsp3) is 0.368. The number of methoxy groups -OCH3 is 1. The maximum absolute atomic E-state index is 15.0. The molecule has 3 heterocycles. The lowest BCUT2D eigenvalue weighted by Crippen LogP contribution is -2.61. The predicted molar refractivity (Wildman–Crippen MR) is 112 cm³/mol. The number of aromatic nitrogens is 2.